The van der Waals surface area contributed by atoms with Crippen LogP contribution in [-0.4, -0.2) is 28.9 Å². The summed E-state index contributed by atoms with van der Waals surface area (Å²) in [6.45, 7) is 2.10. The Hall–Kier alpha value is -1.36. The van der Waals surface area contributed by atoms with Gasteiger partial charge in [0.25, 0.3) is 0 Å². The van der Waals surface area contributed by atoms with E-state index >= 15 is 0 Å². The summed E-state index contributed by atoms with van der Waals surface area (Å²) < 4.78 is 0.870. The van der Waals surface area contributed by atoms with E-state index in [1.54, 1.807) is 31.2 Å². The minimum Gasteiger partial charge on any atom is -0.479 e. The van der Waals surface area contributed by atoms with Gasteiger partial charge in [0.1, 0.15) is 0 Å². The second kappa shape index (κ2) is 5.65. The van der Waals surface area contributed by atoms with Crippen molar-refractivity contribution >= 4 is 28.3 Å². The van der Waals surface area contributed by atoms with E-state index in [4.69, 9.17) is 5.11 Å². The van der Waals surface area contributed by atoms with Crippen LogP contribution in [0.5, 0.6) is 0 Å². The van der Waals surface area contributed by atoms with Crippen LogP contribution < -0.4 is 0 Å². The van der Waals surface area contributed by atoms with Crippen molar-refractivity contribution in [2.24, 2.45) is 0 Å². The van der Waals surface area contributed by atoms with Crippen molar-refractivity contribution in [2.45, 2.75) is 13.0 Å². The van der Waals surface area contributed by atoms with Crippen LogP contribution in [0.3, 0.4) is 0 Å². The lowest BCUT2D eigenvalue weighted by Gasteiger charge is -2.23. The summed E-state index contributed by atoms with van der Waals surface area (Å²) in [5, 5.41) is 9.12. The van der Waals surface area contributed by atoms with E-state index in [1.807, 2.05) is 0 Å². The summed E-state index contributed by atoms with van der Waals surface area (Å²) in [6, 6.07) is 5.97. The second-order valence-electron chi connectivity index (χ2n) is 3.23. The van der Waals surface area contributed by atoms with E-state index in [9.17, 15) is 9.59 Å². The lowest BCUT2D eigenvalue weighted by molar-refractivity contribution is -0.146. The van der Waals surface area contributed by atoms with Crippen LogP contribution in [0, 0.1) is 0 Å². The summed E-state index contributed by atoms with van der Waals surface area (Å²) in [5.74, 6) is -1.03. The Morgan fingerprint density at radius 2 is 2.06 bits per heavy atom. The maximum Gasteiger partial charge on any atom is 0.331 e. The van der Waals surface area contributed by atoms with Crippen molar-refractivity contribution < 1.29 is 14.7 Å². The van der Waals surface area contributed by atoms with Crippen molar-refractivity contribution in [1.29, 1.82) is 0 Å². The quantitative estimate of drug-likeness (QED) is 0.843. The highest BCUT2D eigenvalue weighted by Gasteiger charge is 2.25. The molecule has 0 aliphatic heterocycles. The first kappa shape index (κ1) is 12.7. The predicted octanol–water partition coefficient (Wildman–Crippen LogP) is 2.05. The number of rotatable bonds is 5. The summed E-state index contributed by atoms with van der Waals surface area (Å²) in [7, 11) is 0. The van der Waals surface area contributed by atoms with Crippen molar-refractivity contribution in [3.8, 4) is 0 Å². The van der Waals surface area contributed by atoms with Gasteiger partial charge in [0.2, 0.25) is 6.41 Å². The van der Waals surface area contributed by atoms with Crippen LogP contribution in [0.2, 0.25) is 0 Å². The molecule has 0 radical (unpaired) electrons. The third-order valence-corrected chi connectivity index (χ3v) is 2.78. The zero-order valence-electron chi connectivity index (χ0n) is 8.76. The molecule has 1 aromatic rings. The van der Waals surface area contributed by atoms with Crippen molar-refractivity contribution in [2.75, 3.05) is 6.54 Å². The van der Waals surface area contributed by atoms with Gasteiger partial charge in [-0.05, 0) is 24.6 Å². The molecular weight excluding hydrogens is 274 g/mol. The zero-order chi connectivity index (χ0) is 12.1. The highest BCUT2D eigenvalue weighted by atomic mass is 79.9. The normalized spacial score (nSPS) is 11.9. The number of hydrogen-bond donors (Lipinski definition) is 1. The molecule has 4 nitrogen and oxygen atoms in total. The molecule has 86 valence electrons. The van der Waals surface area contributed by atoms with E-state index in [0.29, 0.717) is 18.5 Å². The molecule has 0 spiro atoms. The molecule has 0 aliphatic carbocycles. The number of nitrogens with zero attached hydrogens (tertiary/aromatic N) is 1. The van der Waals surface area contributed by atoms with Gasteiger partial charge >= 0.3 is 5.97 Å². The Morgan fingerprint density at radius 1 is 1.50 bits per heavy atom. The fourth-order valence-corrected chi connectivity index (χ4v) is 1.70. The number of carbonyl (C=O) groups is 2. The standard InChI is InChI=1S/C11H12BrNO3/c1-2-13(7-14)10(11(15)16)8-3-5-9(12)6-4-8/h3-7,10H,2H2,1H3,(H,15,16). The molecule has 1 atom stereocenters. The van der Waals surface area contributed by atoms with Crippen molar-refractivity contribution in [3.05, 3.63) is 34.3 Å². The first-order valence-corrected chi connectivity index (χ1v) is 5.58. The molecule has 1 unspecified atom stereocenters. The van der Waals surface area contributed by atoms with Crippen LogP contribution in [0.4, 0.5) is 0 Å². The average molecular weight is 286 g/mol. The van der Waals surface area contributed by atoms with Gasteiger partial charge in [-0.3, -0.25) is 4.79 Å². The van der Waals surface area contributed by atoms with Gasteiger partial charge in [-0.15, -0.1) is 0 Å². The summed E-state index contributed by atoms with van der Waals surface area (Å²) in [4.78, 5) is 23.1. The topological polar surface area (TPSA) is 57.6 Å². The van der Waals surface area contributed by atoms with E-state index in [1.165, 1.54) is 4.90 Å². The monoisotopic (exact) mass is 285 g/mol. The third kappa shape index (κ3) is 2.82. The number of carbonyl (C=O) groups excluding carboxylic acids is 1. The van der Waals surface area contributed by atoms with E-state index in [0.717, 1.165) is 4.47 Å². The molecule has 1 rings (SSSR count). The maximum atomic E-state index is 11.1. The molecule has 0 aliphatic rings. The molecule has 0 aromatic heterocycles. The van der Waals surface area contributed by atoms with Gasteiger partial charge in [-0.1, -0.05) is 28.1 Å². The molecule has 0 bridgehead atoms. The minimum atomic E-state index is -1.03. The number of carboxylic acids is 1. The predicted molar refractivity (Wildman–Crippen MR) is 63.0 cm³/mol. The molecule has 1 aromatic carbocycles. The van der Waals surface area contributed by atoms with Gasteiger partial charge < -0.3 is 10.0 Å². The van der Waals surface area contributed by atoms with Crippen molar-refractivity contribution in [1.82, 2.24) is 4.90 Å². The molecule has 0 saturated carbocycles. The summed E-state index contributed by atoms with van der Waals surface area (Å²) in [5.41, 5.74) is 0.588. The lowest BCUT2D eigenvalue weighted by Crippen LogP contribution is -2.32. The summed E-state index contributed by atoms with van der Waals surface area (Å²) in [6.07, 6.45) is 0.556. The Bertz CT molecular complexity index is 377. The molecule has 1 N–H and O–H groups in total. The van der Waals surface area contributed by atoms with Gasteiger partial charge in [0.15, 0.2) is 6.04 Å². The second-order valence-corrected chi connectivity index (χ2v) is 4.14. The number of aliphatic carboxylic acids is 1. The third-order valence-electron chi connectivity index (χ3n) is 2.25. The number of carboxylic acid groups (broad SMARTS) is 1. The number of hydrogen-bond acceptors (Lipinski definition) is 2. The van der Waals surface area contributed by atoms with Crippen LogP contribution in [0.25, 0.3) is 0 Å². The van der Waals surface area contributed by atoms with Gasteiger partial charge in [-0.25, -0.2) is 4.79 Å². The first-order chi connectivity index (χ1) is 7.60. The van der Waals surface area contributed by atoms with Crippen LogP contribution in [0.1, 0.15) is 18.5 Å². The van der Waals surface area contributed by atoms with Crippen LogP contribution >= 0.6 is 15.9 Å². The number of benzene rings is 1. The Kier molecular flexibility index (Phi) is 4.49. The molecule has 5 heteroatoms. The SMILES string of the molecule is CCN(C=O)C(C(=O)O)c1ccc(Br)cc1. The minimum absolute atomic E-state index is 0.358. The number of likely N-dealkylation sites (N-methyl/N-ethyl adjacent to an activating group) is 1. The highest BCUT2D eigenvalue weighted by Crippen LogP contribution is 2.21. The molecule has 16 heavy (non-hydrogen) atoms. The Morgan fingerprint density at radius 3 is 2.44 bits per heavy atom. The van der Waals surface area contributed by atoms with Crippen LogP contribution in [0.15, 0.2) is 28.7 Å². The van der Waals surface area contributed by atoms with E-state index in [2.05, 4.69) is 15.9 Å². The molecule has 1 amide bonds. The highest BCUT2D eigenvalue weighted by molar-refractivity contribution is 9.10. The Balaban J connectivity index is 3.06. The molecule has 0 saturated heterocycles. The van der Waals surface area contributed by atoms with Crippen LogP contribution in [-0.2, 0) is 9.59 Å². The smallest absolute Gasteiger partial charge is 0.331 e. The van der Waals surface area contributed by atoms with Gasteiger partial charge in [-0.2, -0.15) is 0 Å². The summed E-state index contributed by atoms with van der Waals surface area (Å²) >= 11 is 3.27. The Labute approximate surface area is 102 Å². The molecule has 0 fully saturated rings. The van der Waals surface area contributed by atoms with E-state index < -0.39 is 12.0 Å². The van der Waals surface area contributed by atoms with Gasteiger partial charge in [0, 0.05) is 11.0 Å². The van der Waals surface area contributed by atoms with Gasteiger partial charge in [0.05, 0.1) is 0 Å². The fraction of sp³-hybridized carbons (Fsp3) is 0.273. The maximum absolute atomic E-state index is 11.1. The largest absolute Gasteiger partial charge is 0.479 e. The fourth-order valence-electron chi connectivity index (χ4n) is 1.44. The molecular formula is C11H12BrNO3. The zero-order valence-corrected chi connectivity index (χ0v) is 10.3. The lowest BCUT2D eigenvalue weighted by atomic mass is 10.1. The average Bonchev–Trinajstić information content (AvgIpc) is 2.27. The first-order valence-electron chi connectivity index (χ1n) is 4.79. The number of amides is 1. The number of halogens is 1. The van der Waals surface area contributed by atoms with Crippen molar-refractivity contribution in [3.63, 3.8) is 0 Å². The van der Waals surface area contributed by atoms with E-state index in [-0.39, 0.29) is 0 Å². The molecule has 0 heterocycles.